The Labute approximate surface area is 86.3 Å². The van der Waals surface area contributed by atoms with Crippen LogP contribution in [0.4, 0.5) is 0 Å². The van der Waals surface area contributed by atoms with Crippen LogP contribution in [0.1, 0.15) is 6.92 Å². The first kappa shape index (κ1) is 10.1. The third-order valence-electron chi connectivity index (χ3n) is 3.25. The van der Waals surface area contributed by atoms with Crippen molar-refractivity contribution >= 4 is 0 Å². The molecule has 0 bridgehead atoms. The zero-order valence-corrected chi connectivity index (χ0v) is 9.15. The summed E-state index contributed by atoms with van der Waals surface area (Å²) >= 11 is 0. The molecule has 0 amide bonds. The standard InChI is InChI=1S/C11H20N2O/c1-3-4-5-13-8-10-11(9-13)14-7-6-12(10)2/h3-4,10-11H,5-9H2,1-2H3/b4-3+. The minimum absolute atomic E-state index is 0.444. The highest BCUT2D eigenvalue weighted by molar-refractivity contribution is 4.95. The monoisotopic (exact) mass is 196 g/mol. The highest BCUT2D eigenvalue weighted by atomic mass is 16.5. The van der Waals surface area contributed by atoms with Crippen LogP contribution in [0.2, 0.25) is 0 Å². The molecule has 0 radical (unpaired) electrons. The number of hydrogen-bond donors (Lipinski definition) is 0. The van der Waals surface area contributed by atoms with E-state index in [1.165, 1.54) is 0 Å². The lowest BCUT2D eigenvalue weighted by molar-refractivity contribution is -0.0369. The van der Waals surface area contributed by atoms with Crippen LogP contribution in [0.3, 0.4) is 0 Å². The Morgan fingerprint density at radius 3 is 3.00 bits per heavy atom. The molecule has 2 aliphatic heterocycles. The van der Waals surface area contributed by atoms with Gasteiger partial charge in [0.1, 0.15) is 0 Å². The summed E-state index contributed by atoms with van der Waals surface area (Å²) in [5.74, 6) is 0. The third kappa shape index (κ3) is 2.00. The predicted octanol–water partition coefficient (Wildman–Crippen LogP) is 0.577. The Kier molecular flexibility index (Phi) is 3.21. The summed E-state index contributed by atoms with van der Waals surface area (Å²) in [5.41, 5.74) is 0. The van der Waals surface area contributed by atoms with Gasteiger partial charge in [0.25, 0.3) is 0 Å². The van der Waals surface area contributed by atoms with Crippen LogP contribution in [-0.2, 0) is 4.74 Å². The van der Waals surface area contributed by atoms with E-state index in [2.05, 4.69) is 35.9 Å². The van der Waals surface area contributed by atoms with Gasteiger partial charge in [-0.05, 0) is 14.0 Å². The Morgan fingerprint density at radius 2 is 2.29 bits per heavy atom. The molecule has 2 unspecified atom stereocenters. The Hall–Kier alpha value is -0.380. The van der Waals surface area contributed by atoms with Crippen molar-refractivity contribution in [2.75, 3.05) is 39.8 Å². The van der Waals surface area contributed by atoms with Crippen LogP contribution >= 0.6 is 0 Å². The molecule has 0 aliphatic carbocycles. The fourth-order valence-electron chi connectivity index (χ4n) is 2.34. The number of rotatable bonds is 2. The highest BCUT2D eigenvalue weighted by Gasteiger charge is 2.37. The van der Waals surface area contributed by atoms with Gasteiger partial charge in [-0.15, -0.1) is 0 Å². The zero-order valence-electron chi connectivity index (χ0n) is 9.15. The summed E-state index contributed by atoms with van der Waals surface area (Å²) < 4.78 is 5.78. The van der Waals surface area contributed by atoms with Crippen molar-refractivity contribution in [3.63, 3.8) is 0 Å². The summed E-state index contributed by atoms with van der Waals surface area (Å²) in [4.78, 5) is 4.90. The van der Waals surface area contributed by atoms with E-state index in [4.69, 9.17) is 4.74 Å². The lowest BCUT2D eigenvalue weighted by atomic mass is 10.1. The summed E-state index contributed by atoms with van der Waals surface area (Å²) in [6.45, 7) is 7.38. The van der Waals surface area contributed by atoms with Gasteiger partial charge in [-0.25, -0.2) is 0 Å². The van der Waals surface area contributed by atoms with Crippen LogP contribution in [0.5, 0.6) is 0 Å². The first-order valence-electron chi connectivity index (χ1n) is 5.46. The molecule has 0 aromatic rings. The van der Waals surface area contributed by atoms with E-state index >= 15 is 0 Å². The van der Waals surface area contributed by atoms with Gasteiger partial charge >= 0.3 is 0 Å². The fraction of sp³-hybridized carbons (Fsp3) is 0.818. The first-order valence-corrected chi connectivity index (χ1v) is 5.46. The Balaban J connectivity index is 1.90. The number of hydrogen-bond acceptors (Lipinski definition) is 3. The van der Waals surface area contributed by atoms with Crippen molar-refractivity contribution in [3.8, 4) is 0 Å². The quantitative estimate of drug-likeness (QED) is 0.601. The topological polar surface area (TPSA) is 15.7 Å². The van der Waals surface area contributed by atoms with Crippen molar-refractivity contribution in [1.29, 1.82) is 0 Å². The second-order valence-corrected chi connectivity index (χ2v) is 4.24. The normalized spacial score (nSPS) is 35.3. The molecule has 0 N–H and O–H groups in total. The maximum Gasteiger partial charge on any atom is 0.0869 e. The molecule has 0 aromatic heterocycles. The lowest BCUT2D eigenvalue weighted by Gasteiger charge is -2.33. The molecule has 2 aliphatic rings. The number of allylic oxidation sites excluding steroid dienone is 1. The molecule has 0 aromatic carbocycles. The number of fused-ring (bicyclic) bond motifs is 1. The third-order valence-corrected chi connectivity index (χ3v) is 3.25. The van der Waals surface area contributed by atoms with Crippen LogP contribution < -0.4 is 0 Å². The van der Waals surface area contributed by atoms with Crippen LogP contribution in [-0.4, -0.2) is 61.8 Å². The van der Waals surface area contributed by atoms with Crippen LogP contribution in [0.25, 0.3) is 0 Å². The molecule has 2 heterocycles. The SMILES string of the molecule is C/C=C/CN1CC2OCCN(C)C2C1. The van der Waals surface area contributed by atoms with E-state index in [1.807, 2.05) is 0 Å². The molecule has 2 rings (SSSR count). The van der Waals surface area contributed by atoms with Crippen molar-refractivity contribution in [3.05, 3.63) is 12.2 Å². The molecule has 2 fully saturated rings. The molecular weight excluding hydrogens is 176 g/mol. The Bertz CT molecular complexity index is 217. The van der Waals surface area contributed by atoms with Gasteiger partial charge in [-0.1, -0.05) is 12.2 Å². The molecule has 80 valence electrons. The van der Waals surface area contributed by atoms with Crippen molar-refractivity contribution < 1.29 is 4.74 Å². The van der Waals surface area contributed by atoms with Crippen molar-refractivity contribution in [2.24, 2.45) is 0 Å². The number of morpholine rings is 1. The Morgan fingerprint density at radius 1 is 1.43 bits per heavy atom. The van der Waals surface area contributed by atoms with Gasteiger partial charge in [-0.3, -0.25) is 9.80 Å². The van der Waals surface area contributed by atoms with Crippen molar-refractivity contribution in [2.45, 2.75) is 19.1 Å². The maximum atomic E-state index is 5.78. The average Bonchev–Trinajstić information content (AvgIpc) is 2.59. The van der Waals surface area contributed by atoms with Gasteiger partial charge in [0.05, 0.1) is 12.7 Å². The van der Waals surface area contributed by atoms with E-state index in [9.17, 15) is 0 Å². The van der Waals surface area contributed by atoms with Gasteiger partial charge in [0.15, 0.2) is 0 Å². The van der Waals surface area contributed by atoms with Crippen LogP contribution in [0.15, 0.2) is 12.2 Å². The van der Waals surface area contributed by atoms with E-state index in [0.29, 0.717) is 12.1 Å². The zero-order chi connectivity index (χ0) is 9.97. The molecular formula is C11H20N2O. The number of ether oxygens (including phenoxy) is 1. The summed E-state index contributed by atoms with van der Waals surface area (Å²) in [6, 6.07) is 0.619. The fourth-order valence-corrected chi connectivity index (χ4v) is 2.34. The largest absolute Gasteiger partial charge is 0.374 e. The van der Waals surface area contributed by atoms with E-state index in [1.54, 1.807) is 0 Å². The van der Waals surface area contributed by atoms with E-state index in [-0.39, 0.29) is 0 Å². The highest BCUT2D eigenvalue weighted by Crippen LogP contribution is 2.21. The molecule has 3 nitrogen and oxygen atoms in total. The minimum atomic E-state index is 0.444. The molecule has 0 spiro atoms. The first-order chi connectivity index (χ1) is 6.81. The van der Waals surface area contributed by atoms with Gasteiger partial charge < -0.3 is 4.74 Å². The van der Waals surface area contributed by atoms with Crippen molar-refractivity contribution in [1.82, 2.24) is 9.80 Å². The summed E-state index contributed by atoms with van der Waals surface area (Å²) in [6.07, 6.45) is 4.78. The second kappa shape index (κ2) is 4.43. The molecule has 3 heteroatoms. The van der Waals surface area contributed by atoms with Crippen LogP contribution in [0, 0.1) is 0 Å². The summed E-state index contributed by atoms with van der Waals surface area (Å²) in [5, 5.41) is 0. The maximum absolute atomic E-state index is 5.78. The van der Waals surface area contributed by atoms with Gasteiger partial charge in [0, 0.05) is 32.2 Å². The number of likely N-dealkylation sites (tertiary alicyclic amines) is 1. The van der Waals surface area contributed by atoms with Gasteiger partial charge in [-0.2, -0.15) is 0 Å². The molecule has 2 atom stereocenters. The second-order valence-electron chi connectivity index (χ2n) is 4.24. The molecule has 2 saturated heterocycles. The number of likely N-dealkylation sites (N-methyl/N-ethyl adjacent to an activating group) is 1. The minimum Gasteiger partial charge on any atom is -0.374 e. The molecule has 14 heavy (non-hydrogen) atoms. The smallest absolute Gasteiger partial charge is 0.0869 e. The van der Waals surface area contributed by atoms with Gasteiger partial charge in [0.2, 0.25) is 0 Å². The molecule has 0 saturated carbocycles. The van der Waals surface area contributed by atoms with E-state index in [0.717, 1.165) is 32.8 Å². The van der Waals surface area contributed by atoms with E-state index < -0.39 is 0 Å². The number of nitrogens with zero attached hydrogens (tertiary/aromatic N) is 2. The average molecular weight is 196 g/mol. The predicted molar refractivity (Wildman–Crippen MR) is 57.4 cm³/mol. The lowest BCUT2D eigenvalue weighted by Crippen LogP contribution is -2.48. The summed E-state index contributed by atoms with van der Waals surface area (Å²) in [7, 11) is 2.21.